The van der Waals surface area contributed by atoms with E-state index in [0.717, 1.165) is 109 Å². The maximum absolute atomic E-state index is 13.1. The Morgan fingerprint density at radius 1 is 0.286 bits per heavy atom. The number of carbonyl (C=O) groups excluding carboxylic acids is 4. The number of unbranched alkanes of at least 4 members (excludes halogenated alkanes) is 49. The normalized spacial score (nSPS) is 14.0. The van der Waals surface area contributed by atoms with Crippen LogP contribution >= 0.6 is 15.6 Å². The summed E-state index contributed by atoms with van der Waals surface area (Å²) in [6.07, 6.45) is 67.3. The van der Waals surface area contributed by atoms with Crippen LogP contribution in [0.3, 0.4) is 0 Å². The molecule has 0 aliphatic rings. The molecule has 0 heterocycles. The summed E-state index contributed by atoms with van der Waals surface area (Å²) in [6, 6.07) is 0. The molecule has 0 aromatic heterocycles. The van der Waals surface area contributed by atoms with Crippen molar-refractivity contribution in [2.75, 3.05) is 39.6 Å². The molecule has 0 radical (unpaired) electrons. The second-order valence-corrected chi connectivity index (χ2v) is 30.7. The van der Waals surface area contributed by atoms with Gasteiger partial charge in [0.05, 0.1) is 26.4 Å². The Bertz CT molecular complexity index is 1950. The second-order valence-electron chi connectivity index (χ2n) is 27.8. The number of hydrogen-bond acceptors (Lipinski definition) is 15. The summed E-state index contributed by atoms with van der Waals surface area (Å²) in [7, 11) is -9.92. The molecule has 0 aromatic carbocycles. The molecule has 0 amide bonds. The summed E-state index contributed by atoms with van der Waals surface area (Å²) in [5.74, 6) is -2.14. The molecule has 0 spiro atoms. The Morgan fingerprint density at radius 3 is 0.745 bits per heavy atom. The molecule has 0 saturated heterocycles. The van der Waals surface area contributed by atoms with E-state index < -0.39 is 97.5 Å². The fourth-order valence-corrected chi connectivity index (χ4v) is 13.3. The first-order valence-electron chi connectivity index (χ1n) is 40.6. The quantitative estimate of drug-likeness (QED) is 0.0169. The average Bonchev–Trinajstić information content (AvgIpc) is 1.24. The van der Waals surface area contributed by atoms with E-state index in [1.54, 1.807) is 0 Å². The topological polar surface area (TPSA) is 237 Å². The summed E-state index contributed by atoms with van der Waals surface area (Å²) in [5.41, 5.74) is 0. The monoisotopic (exact) mass is 1430 g/mol. The van der Waals surface area contributed by atoms with Gasteiger partial charge in [0, 0.05) is 25.7 Å². The highest BCUT2D eigenvalue weighted by Gasteiger charge is 2.30. The molecular formula is C79H150O17P2. The van der Waals surface area contributed by atoms with Crippen molar-refractivity contribution >= 4 is 39.5 Å². The standard InChI is InChI=1S/C79H150O17P2/c1-5-9-13-17-21-25-29-32-35-36-37-38-40-43-46-50-54-58-62-66-79(84)96-75(70-90-77(82)64-60-56-52-48-44-42-39-33-30-26-22-18-14-10-6-2)72-94-98(87,88)92-68-73(80)67-91-97(85,86)93-71-74(69-89-76(81)63-59-55-51-47-28-24-20-16-12-8-4)95-78(83)65-61-57-53-49-45-41-34-31-27-23-19-15-11-7-3/h26,30,33,39,73-75,80H,5-25,27-29,31-32,34-38,40-72H2,1-4H3,(H,85,86)(H,87,88)/b30-26-,39-33-/t73-,74+,75+/m0/s1. The molecule has 0 aliphatic heterocycles. The molecule has 0 saturated carbocycles. The number of allylic oxidation sites excluding steroid dienone is 4. The molecule has 0 fully saturated rings. The van der Waals surface area contributed by atoms with Crippen molar-refractivity contribution in [3.63, 3.8) is 0 Å². The first-order valence-corrected chi connectivity index (χ1v) is 43.6. The highest BCUT2D eigenvalue weighted by atomic mass is 31.2. The number of aliphatic hydroxyl groups is 1. The van der Waals surface area contributed by atoms with Gasteiger partial charge in [0.1, 0.15) is 19.3 Å². The zero-order chi connectivity index (χ0) is 71.8. The lowest BCUT2D eigenvalue weighted by Gasteiger charge is -2.21. The van der Waals surface area contributed by atoms with Crippen molar-refractivity contribution in [1.29, 1.82) is 0 Å². The van der Waals surface area contributed by atoms with Gasteiger partial charge in [-0.2, -0.15) is 0 Å². The van der Waals surface area contributed by atoms with Gasteiger partial charge in [-0.05, 0) is 51.4 Å². The average molecular weight is 1430 g/mol. The summed E-state index contributed by atoms with van der Waals surface area (Å²) >= 11 is 0. The molecule has 19 heteroatoms. The van der Waals surface area contributed by atoms with Gasteiger partial charge in [-0.3, -0.25) is 37.3 Å². The molecule has 2 unspecified atom stereocenters. The number of phosphoric ester groups is 2. The lowest BCUT2D eigenvalue weighted by Crippen LogP contribution is -2.30. The Morgan fingerprint density at radius 2 is 0.490 bits per heavy atom. The van der Waals surface area contributed by atoms with Gasteiger partial charge < -0.3 is 33.8 Å². The molecule has 98 heavy (non-hydrogen) atoms. The van der Waals surface area contributed by atoms with Crippen molar-refractivity contribution in [2.24, 2.45) is 0 Å². The van der Waals surface area contributed by atoms with Crippen LogP contribution < -0.4 is 0 Å². The number of phosphoric acid groups is 2. The number of aliphatic hydroxyl groups excluding tert-OH is 1. The van der Waals surface area contributed by atoms with Crippen LogP contribution in [0.1, 0.15) is 400 Å². The molecule has 0 bridgehead atoms. The largest absolute Gasteiger partial charge is 0.472 e. The van der Waals surface area contributed by atoms with E-state index in [1.165, 1.54) is 212 Å². The van der Waals surface area contributed by atoms with Crippen LogP contribution in [0.25, 0.3) is 0 Å². The van der Waals surface area contributed by atoms with Crippen LogP contribution in [0.15, 0.2) is 24.3 Å². The summed E-state index contributed by atoms with van der Waals surface area (Å²) in [4.78, 5) is 72.9. The third-order valence-corrected chi connectivity index (χ3v) is 19.9. The second kappa shape index (κ2) is 72.9. The van der Waals surface area contributed by atoms with Crippen LogP contribution in [0.4, 0.5) is 0 Å². The van der Waals surface area contributed by atoms with Crippen molar-refractivity contribution in [3.8, 4) is 0 Å². The maximum atomic E-state index is 13.1. The Labute approximate surface area is 599 Å². The molecule has 17 nitrogen and oxygen atoms in total. The van der Waals surface area contributed by atoms with Crippen molar-refractivity contribution in [3.05, 3.63) is 24.3 Å². The third kappa shape index (κ3) is 71.9. The molecule has 578 valence electrons. The highest BCUT2D eigenvalue weighted by molar-refractivity contribution is 7.47. The summed E-state index contributed by atoms with van der Waals surface area (Å²) in [5, 5.41) is 10.6. The van der Waals surface area contributed by atoms with Crippen LogP contribution in [-0.4, -0.2) is 96.7 Å². The van der Waals surface area contributed by atoms with E-state index in [2.05, 4.69) is 52.0 Å². The predicted molar refractivity (Wildman–Crippen MR) is 400 cm³/mol. The third-order valence-electron chi connectivity index (χ3n) is 18.0. The Kier molecular flexibility index (Phi) is 71.0. The van der Waals surface area contributed by atoms with Crippen LogP contribution in [0, 0.1) is 0 Å². The van der Waals surface area contributed by atoms with E-state index in [1.807, 2.05) is 0 Å². The lowest BCUT2D eigenvalue weighted by molar-refractivity contribution is -0.161. The van der Waals surface area contributed by atoms with Crippen LogP contribution in [0.5, 0.6) is 0 Å². The first kappa shape index (κ1) is 95.5. The smallest absolute Gasteiger partial charge is 0.462 e. The molecule has 0 aliphatic carbocycles. The van der Waals surface area contributed by atoms with E-state index in [9.17, 15) is 43.2 Å². The number of carbonyl (C=O) groups is 4. The Hall–Kier alpha value is -2.46. The van der Waals surface area contributed by atoms with Gasteiger partial charge in [-0.15, -0.1) is 0 Å². The minimum absolute atomic E-state index is 0.102. The molecule has 0 aromatic rings. The maximum Gasteiger partial charge on any atom is 0.472 e. The molecule has 5 atom stereocenters. The Balaban J connectivity index is 5.26. The van der Waals surface area contributed by atoms with Crippen LogP contribution in [-0.2, 0) is 65.4 Å². The van der Waals surface area contributed by atoms with E-state index >= 15 is 0 Å². The van der Waals surface area contributed by atoms with Crippen molar-refractivity contribution in [1.82, 2.24) is 0 Å². The SMILES string of the molecule is CCCCCC/C=C\C=C/CCCCCCCC(=O)OC[C@H](COP(=O)(O)OC[C@@H](O)COP(=O)(O)OC[C@@H](COC(=O)CCCCCCCCCCCC)OC(=O)CCCCCCCCCCCCCCCC)OC(=O)CCCCCCCCCCCCCCCCCCCCC. The number of rotatable bonds is 78. The number of ether oxygens (including phenoxy) is 4. The summed E-state index contributed by atoms with van der Waals surface area (Å²) < 4.78 is 68.6. The fraction of sp³-hybridized carbons (Fsp3) is 0.899. The van der Waals surface area contributed by atoms with Gasteiger partial charge in [0.25, 0.3) is 0 Å². The number of hydrogen-bond donors (Lipinski definition) is 3. The molecular weight excluding hydrogens is 1280 g/mol. The lowest BCUT2D eigenvalue weighted by atomic mass is 10.0. The van der Waals surface area contributed by atoms with Gasteiger partial charge in [-0.1, -0.05) is 347 Å². The van der Waals surface area contributed by atoms with E-state index in [4.69, 9.17) is 37.0 Å². The minimum Gasteiger partial charge on any atom is -0.462 e. The van der Waals surface area contributed by atoms with Gasteiger partial charge >= 0.3 is 39.5 Å². The number of esters is 4. The predicted octanol–water partition coefficient (Wildman–Crippen LogP) is 23.3. The zero-order valence-electron chi connectivity index (χ0n) is 63.2. The molecule has 0 rings (SSSR count). The van der Waals surface area contributed by atoms with E-state index in [0.29, 0.717) is 25.7 Å². The van der Waals surface area contributed by atoms with Crippen molar-refractivity contribution in [2.45, 2.75) is 418 Å². The van der Waals surface area contributed by atoms with Crippen molar-refractivity contribution < 1.29 is 80.2 Å². The van der Waals surface area contributed by atoms with Gasteiger partial charge in [-0.25, -0.2) is 9.13 Å². The molecule has 3 N–H and O–H groups in total. The minimum atomic E-state index is -4.97. The van der Waals surface area contributed by atoms with E-state index in [-0.39, 0.29) is 25.7 Å². The summed E-state index contributed by atoms with van der Waals surface area (Å²) in [6.45, 7) is 4.94. The van der Waals surface area contributed by atoms with Gasteiger partial charge in [0.15, 0.2) is 12.2 Å². The fourth-order valence-electron chi connectivity index (χ4n) is 11.7. The van der Waals surface area contributed by atoms with Crippen LogP contribution in [0.2, 0.25) is 0 Å². The first-order chi connectivity index (χ1) is 47.7. The zero-order valence-corrected chi connectivity index (χ0v) is 65.0. The van der Waals surface area contributed by atoms with Gasteiger partial charge in [0.2, 0.25) is 0 Å². The highest BCUT2D eigenvalue weighted by Crippen LogP contribution is 2.45.